The van der Waals surface area contributed by atoms with Gasteiger partial charge in [-0.25, -0.2) is 0 Å². The first kappa shape index (κ1) is 10.6. The summed E-state index contributed by atoms with van der Waals surface area (Å²) >= 11 is 5.66. The minimum absolute atomic E-state index is 0.0802. The second-order valence-corrected chi connectivity index (χ2v) is 3.35. The molecule has 0 unspecified atom stereocenters. The summed E-state index contributed by atoms with van der Waals surface area (Å²) in [6.07, 6.45) is 2.93. The zero-order chi connectivity index (χ0) is 11.4. The summed E-state index contributed by atoms with van der Waals surface area (Å²) in [6, 6.07) is 5.03. The van der Waals surface area contributed by atoms with Crippen LogP contribution in [-0.2, 0) is 6.54 Å². The topological polar surface area (TPSA) is 68.0 Å². The van der Waals surface area contributed by atoms with Crippen LogP contribution >= 0.6 is 11.6 Å². The molecule has 1 N–H and O–H groups in total. The number of rotatable bonds is 3. The maximum atomic E-state index is 11.6. The first-order chi connectivity index (χ1) is 7.77. The maximum Gasteiger partial charge on any atom is 0.256 e. The van der Waals surface area contributed by atoms with Gasteiger partial charge in [-0.3, -0.25) is 4.79 Å². The molecule has 0 spiro atoms. The SMILES string of the molecule is O=C(NCc1cccnn1)c1ccoc1Cl. The van der Waals surface area contributed by atoms with Crippen molar-refractivity contribution in [2.45, 2.75) is 6.54 Å². The van der Waals surface area contributed by atoms with Crippen molar-refractivity contribution < 1.29 is 9.21 Å². The number of amides is 1. The number of furan rings is 1. The van der Waals surface area contributed by atoms with Crippen molar-refractivity contribution in [3.05, 3.63) is 47.1 Å². The number of carbonyl (C=O) groups excluding carboxylic acids is 1. The summed E-state index contributed by atoms with van der Waals surface area (Å²) in [4.78, 5) is 11.6. The quantitative estimate of drug-likeness (QED) is 0.882. The Balaban J connectivity index is 1.97. The Morgan fingerprint density at radius 2 is 2.38 bits per heavy atom. The normalized spacial score (nSPS) is 10.1. The molecule has 0 aromatic carbocycles. The number of aromatic nitrogens is 2. The molecular weight excluding hydrogens is 230 g/mol. The number of halogens is 1. The van der Waals surface area contributed by atoms with Crippen molar-refractivity contribution in [2.75, 3.05) is 0 Å². The van der Waals surface area contributed by atoms with Crippen molar-refractivity contribution in [2.24, 2.45) is 0 Å². The molecule has 0 fully saturated rings. The number of hydrogen-bond donors (Lipinski definition) is 1. The van der Waals surface area contributed by atoms with E-state index in [-0.39, 0.29) is 11.1 Å². The molecule has 1 amide bonds. The van der Waals surface area contributed by atoms with Crippen molar-refractivity contribution in [1.82, 2.24) is 15.5 Å². The molecule has 16 heavy (non-hydrogen) atoms. The summed E-state index contributed by atoms with van der Waals surface area (Å²) in [5.41, 5.74) is 0.987. The van der Waals surface area contributed by atoms with E-state index in [0.29, 0.717) is 17.8 Å². The van der Waals surface area contributed by atoms with E-state index in [1.54, 1.807) is 18.3 Å². The fourth-order valence-corrected chi connectivity index (χ4v) is 1.35. The van der Waals surface area contributed by atoms with Gasteiger partial charge in [0.2, 0.25) is 5.22 Å². The fraction of sp³-hybridized carbons (Fsp3) is 0.100. The van der Waals surface area contributed by atoms with E-state index in [2.05, 4.69) is 15.5 Å². The second-order valence-electron chi connectivity index (χ2n) is 3.01. The Kier molecular flexibility index (Phi) is 3.16. The summed E-state index contributed by atoms with van der Waals surface area (Å²) in [5.74, 6) is -0.301. The molecule has 0 radical (unpaired) electrons. The summed E-state index contributed by atoms with van der Waals surface area (Å²) < 4.78 is 4.81. The first-order valence-corrected chi connectivity index (χ1v) is 4.93. The van der Waals surface area contributed by atoms with Gasteiger partial charge in [-0.1, -0.05) is 0 Å². The van der Waals surface area contributed by atoms with E-state index in [9.17, 15) is 4.79 Å². The lowest BCUT2D eigenvalue weighted by Crippen LogP contribution is -2.23. The van der Waals surface area contributed by atoms with Crippen LogP contribution in [0.4, 0.5) is 0 Å². The highest BCUT2D eigenvalue weighted by molar-refractivity contribution is 6.32. The molecule has 0 saturated heterocycles. The molecule has 82 valence electrons. The smallest absolute Gasteiger partial charge is 0.256 e. The second kappa shape index (κ2) is 4.76. The van der Waals surface area contributed by atoms with Crippen molar-refractivity contribution in [1.29, 1.82) is 0 Å². The van der Waals surface area contributed by atoms with Crippen LogP contribution in [0.25, 0.3) is 0 Å². The molecule has 0 aliphatic carbocycles. The molecule has 0 atom stereocenters. The van der Waals surface area contributed by atoms with Gasteiger partial charge in [0.1, 0.15) is 0 Å². The van der Waals surface area contributed by atoms with Crippen LogP contribution in [0.1, 0.15) is 16.1 Å². The third-order valence-electron chi connectivity index (χ3n) is 1.92. The third-order valence-corrected chi connectivity index (χ3v) is 2.21. The predicted octanol–water partition coefficient (Wildman–Crippen LogP) is 1.65. The van der Waals surface area contributed by atoms with Crippen LogP contribution in [0, 0.1) is 0 Å². The number of carbonyl (C=O) groups is 1. The lowest BCUT2D eigenvalue weighted by atomic mass is 10.3. The summed E-state index contributed by atoms with van der Waals surface area (Å²) in [7, 11) is 0. The van der Waals surface area contributed by atoms with Crippen LogP contribution in [0.3, 0.4) is 0 Å². The van der Waals surface area contributed by atoms with Crippen molar-refractivity contribution in [3.8, 4) is 0 Å². The monoisotopic (exact) mass is 237 g/mol. The van der Waals surface area contributed by atoms with Crippen LogP contribution in [0.5, 0.6) is 0 Å². The van der Waals surface area contributed by atoms with E-state index in [1.807, 2.05) is 0 Å². The van der Waals surface area contributed by atoms with Crippen LogP contribution in [0.15, 0.2) is 35.1 Å². The predicted molar refractivity (Wildman–Crippen MR) is 56.9 cm³/mol. The Morgan fingerprint density at radius 1 is 1.50 bits per heavy atom. The van der Waals surface area contributed by atoms with Gasteiger partial charge in [0.05, 0.1) is 24.1 Å². The number of hydrogen-bond acceptors (Lipinski definition) is 4. The van der Waals surface area contributed by atoms with Gasteiger partial charge in [0.15, 0.2) is 0 Å². The molecule has 0 bridgehead atoms. The molecule has 0 aliphatic rings. The lowest BCUT2D eigenvalue weighted by molar-refractivity contribution is 0.0950. The zero-order valence-electron chi connectivity index (χ0n) is 8.18. The summed E-state index contributed by atoms with van der Waals surface area (Å²) in [6.45, 7) is 0.300. The Hall–Kier alpha value is -1.88. The zero-order valence-corrected chi connectivity index (χ0v) is 8.94. The Bertz CT molecular complexity index is 484. The average Bonchev–Trinajstić information content (AvgIpc) is 2.74. The highest BCUT2D eigenvalue weighted by Crippen LogP contribution is 2.16. The molecule has 2 rings (SSSR count). The van der Waals surface area contributed by atoms with Crippen molar-refractivity contribution in [3.63, 3.8) is 0 Å². The molecule has 2 aromatic rings. The molecule has 5 nitrogen and oxygen atoms in total. The molecule has 0 aliphatic heterocycles. The van der Waals surface area contributed by atoms with E-state index in [0.717, 1.165) is 0 Å². The van der Waals surface area contributed by atoms with Gasteiger partial charge < -0.3 is 9.73 Å². The minimum atomic E-state index is -0.301. The third kappa shape index (κ3) is 2.38. The van der Waals surface area contributed by atoms with Gasteiger partial charge >= 0.3 is 0 Å². The standard InChI is InChI=1S/C10H8ClN3O2/c11-9-8(3-5-16-9)10(15)12-6-7-2-1-4-13-14-7/h1-5H,6H2,(H,12,15). The molecule has 2 aromatic heterocycles. The first-order valence-electron chi connectivity index (χ1n) is 4.55. The minimum Gasteiger partial charge on any atom is -0.452 e. The highest BCUT2D eigenvalue weighted by atomic mass is 35.5. The number of nitrogens with zero attached hydrogens (tertiary/aromatic N) is 2. The van der Waals surface area contributed by atoms with E-state index >= 15 is 0 Å². The van der Waals surface area contributed by atoms with E-state index < -0.39 is 0 Å². The fourth-order valence-electron chi connectivity index (χ4n) is 1.15. The van der Waals surface area contributed by atoms with Gasteiger partial charge in [0.25, 0.3) is 5.91 Å². The van der Waals surface area contributed by atoms with Crippen molar-refractivity contribution >= 4 is 17.5 Å². The molecule has 2 heterocycles. The molecular formula is C10H8ClN3O2. The largest absolute Gasteiger partial charge is 0.452 e. The summed E-state index contributed by atoms with van der Waals surface area (Å²) in [5, 5.41) is 10.3. The van der Waals surface area contributed by atoms with Gasteiger partial charge in [-0.05, 0) is 29.8 Å². The lowest BCUT2D eigenvalue weighted by Gasteiger charge is -2.02. The highest BCUT2D eigenvalue weighted by Gasteiger charge is 2.12. The molecule has 6 heteroatoms. The number of nitrogens with one attached hydrogen (secondary N) is 1. The van der Waals surface area contributed by atoms with Crippen LogP contribution in [0.2, 0.25) is 5.22 Å². The Morgan fingerprint density at radius 3 is 3.00 bits per heavy atom. The van der Waals surface area contributed by atoms with Crippen LogP contribution < -0.4 is 5.32 Å². The van der Waals surface area contributed by atoms with Gasteiger partial charge in [0, 0.05) is 6.20 Å². The van der Waals surface area contributed by atoms with Gasteiger partial charge in [-0.2, -0.15) is 10.2 Å². The average molecular weight is 238 g/mol. The maximum absolute atomic E-state index is 11.6. The van der Waals surface area contributed by atoms with Crippen LogP contribution in [-0.4, -0.2) is 16.1 Å². The van der Waals surface area contributed by atoms with E-state index in [1.165, 1.54) is 12.3 Å². The van der Waals surface area contributed by atoms with Gasteiger partial charge in [-0.15, -0.1) is 0 Å². The molecule has 0 saturated carbocycles. The van der Waals surface area contributed by atoms with E-state index in [4.69, 9.17) is 16.0 Å². The Labute approximate surface area is 96.4 Å².